The van der Waals surface area contributed by atoms with Crippen molar-refractivity contribution in [3.05, 3.63) is 120 Å². The second-order valence-corrected chi connectivity index (χ2v) is 21.2. The van der Waals surface area contributed by atoms with Gasteiger partial charge < -0.3 is 79.9 Å². The molecule has 0 unspecified atom stereocenters. The Balaban J connectivity index is 0.00000227. The van der Waals surface area contributed by atoms with Gasteiger partial charge in [0.1, 0.15) is 48.0 Å². The highest BCUT2D eigenvalue weighted by atomic mass is 19.4. The number of aromatic amines is 2. The van der Waals surface area contributed by atoms with E-state index in [2.05, 4.69) is 57.5 Å². The van der Waals surface area contributed by atoms with E-state index in [0.717, 1.165) is 17.3 Å². The van der Waals surface area contributed by atoms with Crippen LogP contribution in [0.25, 0.3) is 10.9 Å². The molecule has 5 aromatic rings. The highest BCUT2D eigenvalue weighted by Gasteiger charge is 2.38. The van der Waals surface area contributed by atoms with E-state index in [1.54, 1.807) is 68.6 Å². The summed E-state index contributed by atoms with van der Waals surface area (Å²) in [7, 11) is 0. The van der Waals surface area contributed by atoms with Gasteiger partial charge in [-0.3, -0.25) is 47.9 Å². The number of unbranched alkanes of at least 4 members (excludes halogenated alkanes) is 1. The zero-order chi connectivity index (χ0) is 66.0. The van der Waals surface area contributed by atoms with Crippen LogP contribution in [0.4, 0.5) is 13.2 Å². The summed E-state index contributed by atoms with van der Waals surface area (Å²) in [6.45, 7) is 6.41. The van der Waals surface area contributed by atoms with Crippen molar-refractivity contribution >= 4 is 75.9 Å². The van der Waals surface area contributed by atoms with Crippen molar-refractivity contribution in [1.29, 1.82) is 0 Å². The van der Waals surface area contributed by atoms with E-state index in [-0.39, 0.29) is 57.2 Å². The molecule has 0 saturated carbocycles. The maximum absolute atomic E-state index is 14.2. The number of nitrogens with zero attached hydrogens (tertiary/aromatic N) is 1. The molecule has 0 radical (unpaired) electrons. The molecule has 27 nitrogen and oxygen atoms in total. The molecule has 2 aromatic heterocycles. The van der Waals surface area contributed by atoms with Gasteiger partial charge in [0.2, 0.25) is 59.1 Å². The molecule has 3 aromatic carbocycles. The fourth-order valence-electron chi connectivity index (χ4n) is 8.81. The molecule has 0 aliphatic carbocycles. The molecule has 10 amide bonds. The quantitative estimate of drug-likeness (QED) is 0.0269. The largest absolute Gasteiger partial charge is 0.508 e. The van der Waals surface area contributed by atoms with Crippen molar-refractivity contribution in [2.45, 2.75) is 146 Å². The van der Waals surface area contributed by atoms with E-state index in [4.69, 9.17) is 27.1 Å². The number of nitrogens with one attached hydrogen (secondary N) is 10. The SMILES string of the molecule is CCCC[C@H](NC(=O)[C@H](Cc1ccccc1)NC(=O)[C@H](Cc1cnc[nH]1)NC(=O)CCNC(=O)[C@@H](NC(=O)[C@H](C)NC(=O)[C@H](Cc1c[nH]c2ccccc12)NC(=O)[C@H](CCC(N)=O)NC(=O)[C@H](N)Cc1ccc(O)cc1)C(C)C)C(N)=O.O=C(O)C(F)(F)F. The molecule has 0 spiro atoms. The van der Waals surface area contributed by atoms with Gasteiger partial charge in [-0.25, -0.2) is 9.78 Å². The first-order chi connectivity index (χ1) is 42.1. The fraction of sp³-hybridized carbons (Fsp3) is 0.424. The minimum Gasteiger partial charge on any atom is -0.508 e. The number of phenolic OH excluding ortho intramolecular Hbond substituents is 1. The lowest BCUT2D eigenvalue weighted by molar-refractivity contribution is -0.192. The molecule has 0 bridgehead atoms. The molecular formula is C59H77F3N14O13. The first kappa shape index (κ1) is 71.6. The van der Waals surface area contributed by atoms with Gasteiger partial charge in [-0.15, -0.1) is 0 Å². The monoisotopic (exact) mass is 1250 g/mol. The Hall–Kier alpha value is -9.87. The number of benzene rings is 3. The number of carboxylic acids is 1. The summed E-state index contributed by atoms with van der Waals surface area (Å²) in [5.41, 5.74) is 20.4. The molecule has 18 N–H and O–H groups in total. The maximum Gasteiger partial charge on any atom is 0.490 e. The average molecular weight is 1250 g/mol. The van der Waals surface area contributed by atoms with Crippen LogP contribution in [0.1, 0.15) is 88.6 Å². The topological polar surface area (TPSA) is 447 Å². The number of para-hydroxylation sites is 1. The van der Waals surface area contributed by atoms with Crippen LogP contribution >= 0.6 is 0 Å². The van der Waals surface area contributed by atoms with Crippen LogP contribution in [-0.4, -0.2) is 151 Å². The van der Waals surface area contributed by atoms with Gasteiger partial charge in [0, 0.05) is 67.6 Å². The average Bonchev–Trinajstić information content (AvgIpc) is 3.55. The Morgan fingerprint density at radius 1 is 0.607 bits per heavy atom. The van der Waals surface area contributed by atoms with Crippen molar-refractivity contribution in [1.82, 2.24) is 57.5 Å². The van der Waals surface area contributed by atoms with Gasteiger partial charge in [0.25, 0.3) is 0 Å². The number of carboxylic acid groups (broad SMARTS) is 1. The Labute approximate surface area is 509 Å². The number of hydrogen-bond acceptors (Lipinski definition) is 14. The summed E-state index contributed by atoms with van der Waals surface area (Å²) in [6, 6.07) is 12.4. The third kappa shape index (κ3) is 24.4. The standard InChI is InChI=1S/C57H76N14O11.C2HF3O2/c1-5-6-15-42(50(60)75)67-55(80)44(26-34-12-8-7-9-13-34)69-56(81)46(28-37-30-61-31-64-37)66-48(74)23-24-62-57(82)49(32(2)3)71-51(76)33(4)65-54(79)45(27-36-29-63-41-16-11-10-14-39(36)41)70-53(78)43(21-22-47(59)73)68-52(77)40(58)25-35-17-19-38(72)20-18-35;3-2(4,5)1(6)7/h7-14,16-20,29-33,40,42-46,49,63,72H,5-6,15,21-28,58H2,1-4H3,(H2,59,73)(H2,60,75)(H,61,64)(H,62,82)(H,65,79)(H,66,74)(H,67,80)(H,68,77)(H,69,81)(H,70,78)(H,71,76);(H,6,7)/t33-,40+,42-,43-,44-,45-,46-,49-;/m0./s1. The smallest absolute Gasteiger partial charge is 0.490 e. The van der Waals surface area contributed by atoms with E-state index in [1.165, 1.54) is 31.6 Å². The number of aliphatic carboxylic acids is 1. The Kier molecular flexibility index (Phi) is 28.2. The lowest BCUT2D eigenvalue weighted by Gasteiger charge is -2.26. The number of carbonyl (C=O) groups is 11. The number of aromatic hydroxyl groups is 1. The third-order valence-corrected chi connectivity index (χ3v) is 13.7. The number of H-pyrrole nitrogens is 2. The fourth-order valence-corrected chi connectivity index (χ4v) is 8.81. The van der Waals surface area contributed by atoms with Crippen molar-refractivity contribution in [2.24, 2.45) is 23.1 Å². The summed E-state index contributed by atoms with van der Waals surface area (Å²) in [5.74, 6) is -10.6. The van der Waals surface area contributed by atoms with Crippen LogP contribution in [0.2, 0.25) is 0 Å². The predicted molar refractivity (Wildman–Crippen MR) is 317 cm³/mol. The van der Waals surface area contributed by atoms with E-state index in [0.29, 0.717) is 35.2 Å². The molecule has 89 heavy (non-hydrogen) atoms. The van der Waals surface area contributed by atoms with E-state index in [1.807, 2.05) is 25.1 Å². The van der Waals surface area contributed by atoms with Gasteiger partial charge in [0.05, 0.1) is 12.4 Å². The number of imidazole rings is 1. The van der Waals surface area contributed by atoms with Crippen LogP contribution in [0.15, 0.2) is 97.6 Å². The van der Waals surface area contributed by atoms with Crippen LogP contribution < -0.4 is 59.7 Å². The highest BCUT2D eigenvalue weighted by Crippen LogP contribution is 2.20. The molecule has 482 valence electrons. The lowest BCUT2D eigenvalue weighted by Crippen LogP contribution is -2.59. The number of nitrogens with two attached hydrogens (primary N) is 3. The number of phenols is 1. The number of carbonyl (C=O) groups excluding carboxylic acids is 10. The van der Waals surface area contributed by atoms with Crippen molar-refractivity contribution in [2.75, 3.05) is 6.54 Å². The number of aromatic nitrogens is 3. The van der Waals surface area contributed by atoms with Gasteiger partial charge in [0.15, 0.2) is 0 Å². The van der Waals surface area contributed by atoms with Crippen LogP contribution in [0.3, 0.4) is 0 Å². The summed E-state index contributed by atoms with van der Waals surface area (Å²) >= 11 is 0. The van der Waals surface area contributed by atoms with E-state index >= 15 is 0 Å². The lowest BCUT2D eigenvalue weighted by atomic mass is 10.0. The van der Waals surface area contributed by atoms with E-state index < -0.39 is 125 Å². The third-order valence-electron chi connectivity index (χ3n) is 13.7. The Morgan fingerprint density at radius 2 is 1.17 bits per heavy atom. The minimum absolute atomic E-state index is 0.0160. The van der Waals surface area contributed by atoms with Crippen molar-refractivity contribution < 1.29 is 76.1 Å². The van der Waals surface area contributed by atoms with Gasteiger partial charge in [-0.1, -0.05) is 94.3 Å². The molecule has 0 aliphatic rings. The molecule has 0 saturated heterocycles. The van der Waals surface area contributed by atoms with Gasteiger partial charge in [-0.2, -0.15) is 13.2 Å². The van der Waals surface area contributed by atoms with Crippen LogP contribution in [-0.2, 0) is 78.4 Å². The summed E-state index contributed by atoms with van der Waals surface area (Å²) in [6.07, 6.45) is 0.153. The zero-order valence-electron chi connectivity index (χ0n) is 49.4. The van der Waals surface area contributed by atoms with E-state index in [9.17, 15) is 66.2 Å². The summed E-state index contributed by atoms with van der Waals surface area (Å²) in [5, 5.41) is 38.8. The number of fused-ring (bicyclic) bond motifs is 1. The molecular weight excluding hydrogens is 1170 g/mol. The second-order valence-electron chi connectivity index (χ2n) is 21.2. The normalized spacial score (nSPS) is 13.9. The first-order valence-electron chi connectivity index (χ1n) is 28.4. The molecule has 8 atom stereocenters. The van der Waals surface area contributed by atoms with Crippen LogP contribution in [0.5, 0.6) is 5.75 Å². The first-order valence-corrected chi connectivity index (χ1v) is 28.4. The Morgan fingerprint density at radius 3 is 1.75 bits per heavy atom. The number of alkyl halides is 3. The summed E-state index contributed by atoms with van der Waals surface area (Å²) < 4.78 is 31.7. The zero-order valence-corrected chi connectivity index (χ0v) is 49.4. The molecule has 0 fully saturated rings. The van der Waals surface area contributed by atoms with Crippen LogP contribution in [0, 0.1) is 5.92 Å². The molecule has 5 rings (SSSR count). The van der Waals surface area contributed by atoms with Crippen molar-refractivity contribution in [3.63, 3.8) is 0 Å². The van der Waals surface area contributed by atoms with Crippen molar-refractivity contribution in [3.8, 4) is 5.75 Å². The second kappa shape index (κ2) is 35.1. The summed E-state index contributed by atoms with van der Waals surface area (Å²) in [4.78, 5) is 153. The minimum atomic E-state index is -5.08. The van der Waals surface area contributed by atoms with Gasteiger partial charge in [-0.05, 0) is 67.0 Å². The van der Waals surface area contributed by atoms with Gasteiger partial charge >= 0.3 is 12.1 Å². The number of amides is 10. The number of hydrogen-bond donors (Lipinski definition) is 15. The number of primary amides is 2. The molecule has 0 aliphatic heterocycles. The number of rotatable bonds is 33. The highest BCUT2D eigenvalue weighted by molar-refractivity contribution is 5.97. The number of halogens is 3. The maximum atomic E-state index is 14.2. The molecule has 2 heterocycles. The predicted octanol–water partition coefficient (Wildman–Crippen LogP) is 0.345. The molecule has 30 heteroatoms. The Bertz CT molecular complexity index is 3200.